The number of rotatable bonds is 5. The number of hydrogen-bond donors (Lipinski definition) is 2. The number of urea groups is 1. The molecule has 0 aliphatic carbocycles. The zero-order valence-corrected chi connectivity index (χ0v) is 18.7. The van der Waals surface area contributed by atoms with Crippen LogP contribution in [0.25, 0.3) is 10.6 Å². The van der Waals surface area contributed by atoms with E-state index in [9.17, 15) is 4.79 Å². The van der Waals surface area contributed by atoms with Crippen molar-refractivity contribution >= 4 is 40.6 Å². The molecule has 8 nitrogen and oxygen atoms in total. The molecule has 0 atom stereocenters. The Morgan fingerprint density at radius 3 is 2.21 bits per heavy atom. The van der Waals surface area contributed by atoms with Gasteiger partial charge in [0.2, 0.25) is 0 Å². The van der Waals surface area contributed by atoms with E-state index in [-0.39, 0.29) is 6.03 Å². The molecule has 2 amide bonds. The zero-order valence-electron chi connectivity index (χ0n) is 17.9. The summed E-state index contributed by atoms with van der Waals surface area (Å²) in [5.74, 6) is 2.84. The van der Waals surface area contributed by atoms with E-state index in [4.69, 9.17) is 0 Å². The van der Waals surface area contributed by atoms with E-state index < -0.39 is 0 Å². The highest BCUT2D eigenvalue weighted by Gasteiger charge is 2.19. The van der Waals surface area contributed by atoms with E-state index in [1.165, 1.54) is 11.3 Å². The molecule has 1 fully saturated rings. The molecule has 33 heavy (non-hydrogen) atoms. The SMILES string of the molecule is O=C(Nc1cccc(N2CCN(c3ccccn3)CC2)n1)Nc1csc(-c2ccccc2)n1. The van der Waals surface area contributed by atoms with Gasteiger partial charge in [-0.2, -0.15) is 0 Å². The van der Waals surface area contributed by atoms with Crippen molar-refractivity contribution in [2.24, 2.45) is 0 Å². The third-order valence-electron chi connectivity index (χ3n) is 5.32. The summed E-state index contributed by atoms with van der Waals surface area (Å²) in [5.41, 5.74) is 1.02. The van der Waals surface area contributed by atoms with Gasteiger partial charge in [-0.05, 0) is 24.3 Å². The Bertz CT molecular complexity index is 1210. The first-order valence-corrected chi connectivity index (χ1v) is 11.6. The number of thiazole rings is 1. The molecule has 2 N–H and O–H groups in total. The number of aromatic nitrogens is 3. The van der Waals surface area contributed by atoms with Crippen LogP contribution < -0.4 is 20.4 Å². The maximum Gasteiger partial charge on any atom is 0.326 e. The standard InChI is InChI=1S/C24H23N7OS/c32-24(29-20-17-33-23(27-20)18-7-2-1-3-8-18)28-19-9-6-11-22(26-19)31-15-13-30(14-16-31)21-10-4-5-12-25-21/h1-12,17H,13-16H2,(H2,26,28,29,32). The number of carbonyl (C=O) groups excluding carboxylic acids is 1. The van der Waals surface area contributed by atoms with Gasteiger partial charge in [0.1, 0.15) is 28.3 Å². The minimum Gasteiger partial charge on any atom is -0.353 e. The van der Waals surface area contributed by atoms with Crippen molar-refractivity contribution in [1.29, 1.82) is 0 Å². The Morgan fingerprint density at radius 1 is 0.758 bits per heavy atom. The van der Waals surface area contributed by atoms with Gasteiger partial charge < -0.3 is 9.80 Å². The first-order chi connectivity index (χ1) is 16.2. The Labute approximate surface area is 196 Å². The Balaban J connectivity index is 1.18. The average Bonchev–Trinajstić information content (AvgIpc) is 3.34. The van der Waals surface area contributed by atoms with Crippen molar-refractivity contribution in [2.45, 2.75) is 0 Å². The minimum atomic E-state index is -0.371. The van der Waals surface area contributed by atoms with E-state index in [2.05, 4.69) is 35.4 Å². The van der Waals surface area contributed by atoms with Gasteiger partial charge in [0.05, 0.1) is 0 Å². The van der Waals surface area contributed by atoms with Crippen LogP contribution in [-0.4, -0.2) is 47.2 Å². The fraction of sp³-hybridized carbons (Fsp3) is 0.167. The molecule has 0 bridgehead atoms. The van der Waals surface area contributed by atoms with E-state index >= 15 is 0 Å². The molecule has 0 spiro atoms. The van der Waals surface area contributed by atoms with Crippen LogP contribution in [0.2, 0.25) is 0 Å². The first kappa shape index (κ1) is 20.9. The van der Waals surface area contributed by atoms with E-state index in [0.717, 1.165) is 48.4 Å². The second-order valence-electron chi connectivity index (χ2n) is 7.53. The van der Waals surface area contributed by atoms with E-state index in [0.29, 0.717) is 11.6 Å². The van der Waals surface area contributed by atoms with Crippen molar-refractivity contribution in [3.8, 4) is 10.6 Å². The fourth-order valence-corrected chi connectivity index (χ4v) is 4.44. The summed E-state index contributed by atoms with van der Waals surface area (Å²) in [4.78, 5) is 30.5. The van der Waals surface area contributed by atoms with Crippen molar-refractivity contribution in [3.05, 3.63) is 78.3 Å². The lowest BCUT2D eigenvalue weighted by atomic mass is 10.2. The van der Waals surface area contributed by atoms with Gasteiger partial charge in [-0.15, -0.1) is 11.3 Å². The van der Waals surface area contributed by atoms with Crippen LogP contribution in [-0.2, 0) is 0 Å². The Hall–Kier alpha value is -3.98. The predicted molar refractivity (Wildman–Crippen MR) is 133 cm³/mol. The molecule has 4 heterocycles. The maximum atomic E-state index is 12.5. The lowest BCUT2D eigenvalue weighted by molar-refractivity contribution is 0.262. The quantitative estimate of drug-likeness (QED) is 0.457. The number of amides is 2. The number of nitrogens with one attached hydrogen (secondary N) is 2. The molecule has 0 unspecified atom stereocenters. The van der Waals surface area contributed by atoms with Crippen molar-refractivity contribution in [2.75, 3.05) is 46.6 Å². The minimum absolute atomic E-state index is 0.371. The summed E-state index contributed by atoms with van der Waals surface area (Å²) in [7, 11) is 0. The Kier molecular flexibility index (Phi) is 6.12. The summed E-state index contributed by atoms with van der Waals surface area (Å²) >= 11 is 1.49. The fourth-order valence-electron chi connectivity index (χ4n) is 3.68. The van der Waals surface area contributed by atoms with Crippen molar-refractivity contribution in [3.63, 3.8) is 0 Å². The van der Waals surface area contributed by atoms with Crippen LogP contribution in [0.3, 0.4) is 0 Å². The molecule has 9 heteroatoms. The molecular formula is C24H23N7OS. The highest BCUT2D eigenvalue weighted by Crippen LogP contribution is 2.25. The first-order valence-electron chi connectivity index (χ1n) is 10.7. The van der Waals surface area contributed by atoms with Gasteiger partial charge in [0.15, 0.2) is 0 Å². The number of hydrogen-bond acceptors (Lipinski definition) is 7. The lowest BCUT2D eigenvalue weighted by Crippen LogP contribution is -2.47. The van der Waals surface area contributed by atoms with Gasteiger partial charge in [-0.3, -0.25) is 10.6 Å². The third-order valence-corrected chi connectivity index (χ3v) is 6.21. The highest BCUT2D eigenvalue weighted by molar-refractivity contribution is 7.13. The number of piperazine rings is 1. The number of benzene rings is 1. The highest BCUT2D eigenvalue weighted by atomic mass is 32.1. The molecule has 3 aromatic heterocycles. The second-order valence-corrected chi connectivity index (χ2v) is 8.38. The Morgan fingerprint density at radius 2 is 1.45 bits per heavy atom. The topological polar surface area (TPSA) is 86.3 Å². The molecular weight excluding hydrogens is 434 g/mol. The predicted octanol–water partition coefficient (Wildman–Crippen LogP) is 4.57. The zero-order chi connectivity index (χ0) is 22.5. The van der Waals surface area contributed by atoms with Crippen molar-refractivity contribution in [1.82, 2.24) is 15.0 Å². The molecule has 4 aromatic rings. The number of pyridine rings is 2. The summed E-state index contributed by atoms with van der Waals surface area (Å²) in [6.07, 6.45) is 1.82. The molecule has 0 radical (unpaired) electrons. The molecule has 0 saturated carbocycles. The monoisotopic (exact) mass is 457 g/mol. The van der Waals surface area contributed by atoms with E-state index in [1.807, 2.05) is 72.2 Å². The summed E-state index contributed by atoms with van der Waals surface area (Å²) in [6.45, 7) is 3.40. The third kappa shape index (κ3) is 5.09. The summed E-state index contributed by atoms with van der Waals surface area (Å²) in [5, 5.41) is 8.28. The van der Waals surface area contributed by atoms with Gasteiger partial charge in [-0.25, -0.2) is 19.7 Å². The number of anilines is 4. The van der Waals surface area contributed by atoms with Crippen LogP contribution in [0, 0.1) is 0 Å². The average molecular weight is 458 g/mol. The molecule has 1 aromatic carbocycles. The number of nitrogens with zero attached hydrogens (tertiary/aromatic N) is 5. The molecule has 166 valence electrons. The smallest absolute Gasteiger partial charge is 0.326 e. The summed E-state index contributed by atoms with van der Waals surface area (Å²) < 4.78 is 0. The van der Waals surface area contributed by atoms with E-state index in [1.54, 1.807) is 6.07 Å². The van der Waals surface area contributed by atoms with Crippen LogP contribution in [0.15, 0.2) is 78.3 Å². The van der Waals surface area contributed by atoms with Gasteiger partial charge in [0.25, 0.3) is 0 Å². The van der Waals surface area contributed by atoms with Gasteiger partial charge in [0, 0.05) is 43.3 Å². The van der Waals surface area contributed by atoms with Gasteiger partial charge in [-0.1, -0.05) is 42.5 Å². The molecule has 1 aliphatic heterocycles. The van der Waals surface area contributed by atoms with Crippen LogP contribution >= 0.6 is 11.3 Å². The lowest BCUT2D eigenvalue weighted by Gasteiger charge is -2.36. The normalized spacial score (nSPS) is 13.6. The van der Waals surface area contributed by atoms with Gasteiger partial charge >= 0.3 is 6.03 Å². The number of carbonyl (C=O) groups is 1. The van der Waals surface area contributed by atoms with Crippen LogP contribution in [0.4, 0.5) is 28.1 Å². The largest absolute Gasteiger partial charge is 0.353 e. The molecule has 5 rings (SSSR count). The summed E-state index contributed by atoms with van der Waals surface area (Å²) in [6, 6.07) is 21.1. The molecule has 1 saturated heterocycles. The van der Waals surface area contributed by atoms with Crippen LogP contribution in [0.5, 0.6) is 0 Å². The maximum absolute atomic E-state index is 12.5. The van der Waals surface area contributed by atoms with Crippen molar-refractivity contribution < 1.29 is 4.79 Å². The second kappa shape index (κ2) is 9.66. The van der Waals surface area contributed by atoms with Crippen LogP contribution in [0.1, 0.15) is 0 Å². The molecule has 1 aliphatic rings.